The molecular formula is C18H24O2. The normalized spacial score (nSPS) is 23.9. The van der Waals surface area contributed by atoms with E-state index < -0.39 is 5.60 Å². The molecule has 0 bridgehead atoms. The standard InChI is InChI=1S/C18H24O2/c1-16(2)10-17(3,4)12-18(19,11-16)15-9-13-7-5-6-8-14(13)20-15/h5-9,19H,10-12H2,1-4H3. The number of aliphatic hydroxyl groups is 1. The maximum atomic E-state index is 11.2. The summed E-state index contributed by atoms with van der Waals surface area (Å²) in [5.41, 5.74) is 0.243. The van der Waals surface area contributed by atoms with Gasteiger partial charge >= 0.3 is 0 Å². The molecule has 0 unspecified atom stereocenters. The SMILES string of the molecule is CC1(C)CC(C)(C)CC(O)(c2cc3ccccc3o2)C1. The van der Waals surface area contributed by atoms with Crippen LogP contribution in [0.1, 0.15) is 52.7 Å². The minimum absolute atomic E-state index is 0.121. The number of fused-ring (bicyclic) bond motifs is 1. The lowest BCUT2D eigenvalue weighted by molar-refractivity contribution is -0.103. The first-order valence-corrected chi connectivity index (χ1v) is 7.41. The lowest BCUT2D eigenvalue weighted by Crippen LogP contribution is -2.43. The van der Waals surface area contributed by atoms with E-state index in [1.54, 1.807) is 0 Å². The van der Waals surface area contributed by atoms with E-state index in [0.29, 0.717) is 0 Å². The minimum Gasteiger partial charge on any atom is -0.458 e. The second-order valence-electron chi connectivity index (χ2n) is 8.04. The Kier molecular flexibility index (Phi) is 2.81. The molecule has 0 spiro atoms. The Morgan fingerprint density at radius 2 is 1.55 bits per heavy atom. The molecule has 2 aromatic rings. The first-order valence-electron chi connectivity index (χ1n) is 7.41. The van der Waals surface area contributed by atoms with Crippen LogP contribution in [-0.2, 0) is 5.60 Å². The summed E-state index contributed by atoms with van der Waals surface area (Å²) in [6.45, 7) is 8.95. The number of benzene rings is 1. The van der Waals surface area contributed by atoms with Crippen molar-refractivity contribution in [3.05, 3.63) is 36.1 Å². The minimum atomic E-state index is -0.857. The van der Waals surface area contributed by atoms with Gasteiger partial charge in [-0.1, -0.05) is 45.9 Å². The van der Waals surface area contributed by atoms with Gasteiger partial charge in [0.05, 0.1) is 0 Å². The Labute approximate surface area is 120 Å². The molecule has 108 valence electrons. The highest BCUT2D eigenvalue weighted by atomic mass is 16.4. The average molecular weight is 272 g/mol. The molecule has 1 saturated carbocycles. The first-order chi connectivity index (χ1) is 9.19. The zero-order valence-corrected chi connectivity index (χ0v) is 12.9. The molecule has 2 nitrogen and oxygen atoms in total. The maximum Gasteiger partial charge on any atom is 0.136 e. The van der Waals surface area contributed by atoms with Crippen molar-refractivity contribution in [3.63, 3.8) is 0 Å². The van der Waals surface area contributed by atoms with Crippen LogP contribution in [0.5, 0.6) is 0 Å². The Morgan fingerprint density at radius 3 is 2.15 bits per heavy atom. The molecule has 0 amide bonds. The van der Waals surface area contributed by atoms with Gasteiger partial charge in [-0.2, -0.15) is 0 Å². The summed E-state index contributed by atoms with van der Waals surface area (Å²) in [7, 11) is 0. The van der Waals surface area contributed by atoms with Gasteiger partial charge in [0.15, 0.2) is 0 Å². The highest BCUT2D eigenvalue weighted by Gasteiger charge is 2.49. The van der Waals surface area contributed by atoms with Crippen LogP contribution in [0.3, 0.4) is 0 Å². The molecule has 1 heterocycles. The summed E-state index contributed by atoms with van der Waals surface area (Å²) in [4.78, 5) is 0. The molecule has 1 aromatic heterocycles. The van der Waals surface area contributed by atoms with Crippen LogP contribution in [0.2, 0.25) is 0 Å². The van der Waals surface area contributed by atoms with Gasteiger partial charge in [0, 0.05) is 5.39 Å². The number of furan rings is 1. The molecular weight excluding hydrogens is 248 g/mol. The molecule has 0 atom stereocenters. The van der Waals surface area contributed by atoms with Crippen LogP contribution in [0, 0.1) is 10.8 Å². The van der Waals surface area contributed by atoms with E-state index in [9.17, 15) is 5.11 Å². The molecule has 0 radical (unpaired) electrons. The average Bonchev–Trinajstić information content (AvgIpc) is 2.67. The van der Waals surface area contributed by atoms with Crippen molar-refractivity contribution >= 4 is 11.0 Å². The molecule has 1 aliphatic carbocycles. The van der Waals surface area contributed by atoms with E-state index >= 15 is 0 Å². The van der Waals surface area contributed by atoms with E-state index in [2.05, 4.69) is 27.7 Å². The largest absolute Gasteiger partial charge is 0.458 e. The van der Waals surface area contributed by atoms with Gasteiger partial charge in [-0.3, -0.25) is 0 Å². The lowest BCUT2D eigenvalue weighted by atomic mass is 9.59. The van der Waals surface area contributed by atoms with Crippen molar-refractivity contribution in [1.82, 2.24) is 0 Å². The Hall–Kier alpha value is -1.28. The summed E-state index contributed by atoms with van der Waals surface area (Å²) in [6, 6.07) is 9.97. The second-order valence-corrected chi connectivity index (χ2v) is 8.04. The Morgan fingerprint density at radius 1 is 0.950 bits per heavy atom. The number of hydrogen-bond acceptors (Lipinski definition) is 2. The zero-order chi connectivity index (χ0) is 14.6. The van der Waals surface area contributed by atoms with E-state index in [1.165, 1.54) is 0 Å². The lowest BCUT2D eigenvalue weighted by Gasteiger charge is -2.48. The van der Waals surface area contributed by atoms with Crippen LogP contribution >= 0.6 is 0 Å². The molecule has 1 aromatic carbocycles. The number of rotatable bonds is 1. The van der Waals surface area contributed by atoms with E-state index in [0.717, 1.165) is 36.0 Å². The van der Waals surface area contributed by atoms with Gasteiger partial charge < -0.3 is 9.52 Å². The molecule has 2 heteroatoms. The third kappa shape index (κ3) is 2.37. The Balaban J connectivity index is 2.06. The topological polar surface area (TPSA) is 33.4 Å². The van der Waals surface area contributed by atoms with Gasteiger partial charge in [-0.05, 0) is 42.2 Å². The van der Waals surface area contributed by atoms with Crippen molar-refractivity contribution in [1.29, 1.82) is 0 Å². The maximum absolute atomic E-state index is 11.2. The molecule has 1 aliphatic rings. The van der Waals surface area contributed by atoms with Gasteiger partial charge in [0.25, 0.3) is 0 Å². The van der Waals surface area contributed by atoms with Gasteiger partial charge in [0.1, 0.15) is 16.9 Å². The van der Waals surface area contributed by atoms with Crippen molar-refractivity contribution in [2.75, 3.05) is 0 Å². The predicted molar refractivity (Wildman–Crippen MR) is 81.5 cm³/mol. The smallest absolute Gasteiger partial charge is 0.136 e. The van der Waals surface area contributed by atoms with E-state index in [4.69, 9.17) is 4.42 Å². The zero-order valence-electron chi connectivity index (χ0n) is 12.9. The second kappa shape index (κ2) is 4.11. The quantitative estimate of drug-likeness (QED) is 0.804. The Bertz CT molecular complexity index is 585. The highest BCUT2D eigenvalue weighted by molar-refractivity contribution is 5.77. The summed E-state index contributed by atoms with van der Waals surface area (Å²) >= 11 is 0. The molecule has 0 aliphatic heterocycles. The van der Waals surface area contributed by atoms with Crippen LogP contribution in [0.15, 0.2) is 34.7 Å². The fraction of sp³-hybridized carbons (Fsp3) is 0.556. The summed E-state index contributed by atoms with van der Waals surface area (Å²) in [5, 5.41) is 12.3. The third-order valence-corrected chi connectivity index (χ3v) is 4.38. The fourth-order valence-electron chi connectivity index (χ4n) is 4.45. The van der Waals surface area contributed by atoms with Crippen molar-refractivity contribution in [2.45, 2.75) is 52.6 Å². The molecule has 20 heavy (non-hydrogen) atoms. The van der Waals surface area contributed by atoms with Crippen LogP contribution in [0.4, 0.5) is 0 Å². The molecule has 0 saturated heterocycles. The highest BCUT2D eigenvalue weighted by Crippen LogP contribution is 2.54. The van der Waals surface area contributed by atoms with Crippen LogP contribution in [-0.4, -0.2) is 5.11 Å². The van der Waals surface area contributed by atoms with Crippen LogP contribution < -0.4 is 0 Å². The number of para-hydroxylation sites is 1. The van der Waals surface area contributed by atoms with Crippen LogP contribution in [0.25, 0.3) is 11.0 Å². The summed E-state index contributed by atoms with van der Waals surface area (Å²) in [6.07, 6.45) is 2.63. The van der Waals surface area contributed by atoms with Gasteiger partial charge in [-0.25, -0.2) is 0 Å². The summed E-state index contributed by atoms with van der Waals surface area (Å²) < 4.78 is 5.95. The van der Waals surface area contributed by atoms with Crippen molar-refractivity contribution in [2.24, 2.45) is 10.8 Å². The molecule has 3 rings (SSSR count). The van der Waals surface area contributed by atoms with E-state index in [-0.39, 0.29) is 10.8 Å². The van der Waals surface area contributed by atoms with Gasteiger partial charge in [-0.15, -0.1) is 0 Å². The van der Waals surface area contributed by atoms with Gasteiger partial charge in [0.2, 0.25) is 0 Å². The molecule has 1 N–H and O–H groups in total. The fourth-order valence-corrected chi connectivity index (χ4v) is 4.45. The third-order valence-electron chi connectivity index (χ3n) is 4.38. The predicted octanol–water partition coefficient (Wildman–Crippen LogP) is 4.86. The first kappa shape index (κ1) is 13.7. The monoisotopic (exact) mass is 272 g/mol. The molecule has 1 fully saturated rings. The van der Waals surface area contributed by atoms with Crippen molar-refractivity contribution < 1.29 is 9.52 Å². The van der Waals surface area contributed by atoms with E-state index in [1.807, 2.05) is 30.3 Å². The number of hydrogen-bond donors (Lipinski definition) is 1. The summed E-state index contributed by atoms with van der Waals surface area (Å²) in [5.74, 6) is 0.722. The van der Waals surface area contributed by atoms with Crippen molar-refractivity contribution in [3.8, 4) is 0 Å².